The van der Waals surface area contributed by atoms with Gasteiger partial charge in [0.05, 0.1) is 48.8 Å². The first-order valence-corrected chi connectivity index (χ1v) is 18.0. The molecule has 268 valence electrons. The predicted octanol–water partition coefficient (Wildman–Crippen LogP) is 7.63. The molecule has 0 aromatic heterocycles. The van der Waals surface area contributed by atoms with E-state index in [1.807, 2.05) is 48.6 Å². The first-order chi connectivity index (χ1) is 25.6. The van der Waals surface area contributed by atoms with Gasteiger partial charge in [0.15, 0.2) is 11.5 Å². The van der Waals surface area contributed by atoms with Gasteiger partial charge < -0.3 is 14.6 Å². The zero-order valence-corrected chi connectivity index (χ0v) is 30.3. The minimum absolute atomic E-state index is 0.157. The molecule has 0 spiro atoms. The standard InChI is InChI=1S/C42H34Cl2N2O7/c1-52-34-19-23(20-35(53-2)37(34)47)11-18-32-29-16-17-30-36(40(50)45(38(30)48)27-14-12-25(43)13-15-27)31(29)22-33-39(49)46(28-10-6-9-26(44)21-28)41(51)42(32,33)24-7-4-3-5-8-24/h3-16,18-21,30-33,36,47H,17,22H2,1-2H3. The minimum atomic E-state index is -1.42. The lowest BCUT2D eigenvalue weighted by Crippen LogP contribution is -2.54. The topological polar surface area (TPSA) is 113 Å². The lowest BCUT2D eigenvalue weighted by atomic mass is 9.50. The number of phenols is 1. The molecule has 4 aromatic carbocycles. The summed E-state index contributed by atoms with van der Waals surface area (Å²) in [5.41, 5.74) is 1.44. The van der Waals surface area contributed by atoms with Crippen molar-refractivity contribution in [1.29, 1.82) is 0 Å². The van der Waals surface area contributed by atoms with Gasteiger partial charge in [-0.25, -0.2) is 4.90 Å². The molecule has 9 nitrogen and oxygen atoms in total. The van der Waals surface area contributed by atoms with Crippen LogP contribution >= 0.6 is 23.2 Å². The van der Waals surface area contributed by atoms with Crippen molar-refractivity contribution >= 4 is 64.3 Å². The number of phenolic OH excluding ortho intramolecular Hbond substituents is 1. The Labute approximate surface area is 316 Å². The number of imide groups is 2. The van der Waals surface area contributed by atoms with Gasteiger partial charge in [0.1, 0.15) is 0 Å². The van der Waals surface area contributed by atoms with E-state index in [1.165, 1.54) is 24.0 Å². The van der Waals surface area contributed by atoms with Gasteiger partial charge in [-0.15, -0.1) is 0 Å². The zero-order chi connectivity index (χ0) is 37.2. The number of fused-ring (bicyclic) bond motifs is 4. The maximum absolute atomic E-state index is 15.3. The average Bonchev–Trinajstić information content (AvgIpc) is 3.56. The molecule has 0 radical (unpaired) electrons. The van der Waals surface area contributed by atoms with E-state index < -0.39 is 46.8 Å². The van der Waals surface area contributed by atoms with Crippen LogP contribution in [0.3, 0.4) is 0 Å². The van der Waals surface area contributed by atoms with Gasteiger partial charge in [-0.3, -0.25) is 24.1 Å². The van der Waals surface area contributed by atoms with Crippen molar-refractivity contribution in [1.82, 2.24) is 0 Å². The summed E-state index contributed by atoms with van der Waals surface area (Å²) in [5, 5.41) is 11.5. The van der Waals surface area contributed by atoms with Gasteiger partial charge in [0, 0.05) is 16.0 Å². The number of nitrogens with zero attached hydrogens (tertiary/aromatic N) is 2. The van der Waals surface area contributed by atoms with Crippen LogP contribution in [-0.4, -0.2) is 43.0 Å². The molecule has 53 heavy (non-hydrogen) atoms. The Morgan fingerprint density at radius 3 is 2.11 bits per heavy atom. The number of benzene rings is 4. The van der Waals surface area contributed by atoms with Crippen molar-refractivity contribution in [2.45, 2.75) is 18.3 Å². The molecule has 1 N–H and O–H groups in total. The smallest absolute Gasteiger partial charge is 0.246 e. The van der Waals surface area contributed by atoms with Crippen LogP contribution < -0.4 is 19.3 Å². The summed E-state index contributed by atoms with van der Waals surface area (Å²) in [4.78, 5) is 61.1. The zero-order valence-electron chi connectivity index (χ0n) is 28.7. The minimum Gasteiger partial charge on any atom is -0.502 e. The van der Waals surface area contributed by atoms with E-state index in [0.717, 1.165) is 5.57 Å². The molecular formula is C42H34Cl2N2O7. The van der Waals surface area contributed by atoms with Crippen molar-refractivity contribution in [3.63, 3.8) is 0 Å². The van der Waals surface area contributed by atoms with Crippen LogP contribution in [0.25, 0.3) is 6.08 Å². The molecule has 2 heterocycles. The summed E-state index contributed by atoms with van der Waals surface area (Å²) in [6.45, 7) is 0. The van der Waals surface area contributed by atoms with Crippen LogP contribution in [0.4, 0.5) is 11.4 Å². The summed E-state index contributed by atoms with van der Waals surface area (Å²) in [7, 11) is 2.87. The number of ether oxygens (including phenoxy) is 2. The highest BCUT2D eigenvalue weighted by atomic mass is 35.5. The van der Waals surface area contributed by atoms with Crippen LogP contribution in [0.1, 0.15) is 24.0 Å². The second-order valence-corrected chi connectivity index (χ2v) is 14.6. The van der Waals surface area contributed by atoms with Crippen LogP contribution in [0.2, 0.25) is 10.0 Å². The van der Waals surface area contributed by atoms with E-state index in [1.54, 1.807) is 60.7 Å². The molecule has 8 rings (SSSR count). The van der Waals surface area contributed by atoms with Gasteiger partial charge >= 0.3 is 0 Å². The van der Waals surface area contributed by atoms with Gasteiger partial charge in [-0.2, -0.15) is 0 Å². The Balaban J connectivity index is 1.33. The molecule has 6 unspecified atom stereocenters. The third kappa shape index (κ3) is 5.28. The Morgan fingerprint density at radius 2 is 1.45 bits per heavy atom. The molecule has 1 saturated carbocycles. The van der Waals surface area contributed by atoms with Gasteiger partial charge in [0.25, 0.3) is 0 Å². The van der Waals surface area contributed by atoms with E-state index in [0.29, 0.717) is 32.5 Å². The van der Waals surface area contributed by atoms with E-state index in [2.05, 4.69) is 0 Å². The van der Waals surface area contributed by atoms with Gasteiger partial charge in [-0.1, -0.05) is 83.4 Å². The highest BCUT2D eigenvalue weighted by molar-refractivity contribution is 6.32. The Hall–Kier alpha value is -5.38. The highest BCUT2D eigenvalue weighted by Crippen LogP contribution is 2.62. The number of carbonyl (C=O) groups is 4. The lowest BCUT2D eigenvalue weighted by Gasteiger charge is -2.49. The number of aromatic hydroxyl groups is 1. The number of halogens is 2. The monoisotopic (exact) mass is 748 g/mol. The Bertz CT molecular complexity index is 2210. The summed E-state index contributed by atoms with van der Waals surface area (Å²) in [5.74, 6) is -4.77. The van der Waals surface area contributed by atoms with Gasteiger partial charge in [0.2, 0.25) is 29.4 Å². The first-order valence-electron chi connectivity index (χ1n) is 17.3. The highest BCUT2D eigenvalue weighted by Gasteiger charge is 2.69. The van der Waals surface area contributed by atoms with Gasteiger partial charge in [-0.05, 0) is 84.5 Å². The molecular weight excluding hydrogens is 715 g/mol. The molecule has 0 bridgehead atoms. The lowest BCUT2D eigenvalue weighted by molar-refractivity contribution is -0.128. The largest absolute Gasteiger partial charge is 0.502 e. The number of allylic oxidation sites excluding steroid dienone is 3. The predicted molar refractivity (Wildman–Crippen MR) is 201 cm³/mol. The van der Waals surface area contributed by atoms with Crippen LogP contribution in [0.15, 0.2) is 109 Å². The average molecular weight is 750 g/mol. The number of rotatable bonds is 7. The SMILES string of the molecule is COc1cc(C=CC2C3=CCC4C(=O)N(c5ccc(Cl)cc5)C(=O)C4C3CC3C(=O)N(c4cccc(Cl)c4)C(=O)C23c2ccccc2)cc(OC)c1O. The molecule has 2 saturated heterocycles. The number of anilines is 2. The maximum Gasteiger partial charge on any atom is 0.246 e. The first kappa shape index (κ1) is 34.7. The van der Waals surface area contributed by atoms with E-state index in [4.69, 9.17) is 32.7 Å². The summed E-state index contributed by atoms with van der Waals surface area (Å²) < 4.78 is 10.8. The number of hydrogen-bond acceptors (Lipinski definition) is 7. The Morgan fingerprint density at radius 1 is 0.755 bits per heavy atom. The van der Waals surface area contributed by atoms with Crippen molar-refractivity contribution in [3.05, 3.63) is 130 Å². The van der Waals surface area contributed by atoms with E-state index in [-0.39, 0.29) is 41.9 Å². The third-order valence-electron chi connectivity index (χ3n) is 11.3. The maximum atomic E-state index is 15.3. The fourth-order valence-corrected chi connectivity index (χ4v) is 9.36. The van der Waals surface area contributed by atoms with Crippen molar-refractivity contribution < 1.29 is 33.8 Å². The quantitative estimate of drug-likeness (QED) is 0.153. The molecule has 2 aliphatic carbocycles. The fraction of sp³-hybridized carbons (Fsp3) is 0.238. The summed E-state index contributed by atoms with van der Waals surface area (Å²) in [6, 6.07) is 25.8. The number of methoxy groups -OCH3 is 2. The second kappa shape index (κ2) is 13.2. The Kier molecular flexibility index (Phi) is 8.66. The summed E-state index contributed by atoms with van der Waals surface area (Å²) >= 11 is 12.5. The molecule has 4 amide bonds. The number of carbonyl (C=O) groups excluding carboxylic acids is 4. The summed E-state index contributed by atoms with van der Waals surface area (Å²) in [6.07, 6.45) is 6.16. The molecule has 4 aromatic rings. The van der Waals surface area contributed by atoms with Crippen LogP contribution in [-0.2, 0) is 24.6 Å². The van der Waals surface area contributed by atoms with E-state index >= 15 is 4.79 Å². The van der Waals surface area contributed by atoms with E-state index in [9.17, 15) is 19.5 Å². The molecule has 6 atom stereocenters. The van der Waals surface area contributed by atoms with Crippen LogP contribution in [0, 0.1) is 29.6 Å². The van der Waals surface area contributed by atoms with Crippen LogP contribution in [0.5, 0.6) is 17.2 Å². The molecule has 2 aliphatic heterocycles. The fourth-order valence-electron chi connectivity index (χ4n) is 9.05. The van der Waals surface area contributed by atoms with Crippen molar-refractivity contribution in [2.75, 3.05) is 24.0 Å². The number of amides is 4. The number of hydrogen-bond donors (Lipinski definition) is 1. The molecule has 11 heteroatoms. The normalized spacial score (nSPS) is 26.4. The second-order valence-electron chi connectivity index (χ2n) is 13.8. The third-order valence-corrected chi connectivity index (χ3v) is 11.8. The molecule has 4 aliphatic rings. The van der Waals surface area contributed by atoms with Crippen molar-refractivity contribution in [2.24, 2.45) is 29.6 Å². The van der Waals surface area contributed by atoms with Crippen molar-refractivity contribution in [3.8, 4) is 17.2 Å². The molecule has 3 fully saturated rings.